The fraction of sp³-hybridized carbons (Fsp3) is 0.562. The number of nitrogens with zero attached hydrogens (tertiary/aromatic N) is 2. The first kappa shape index (κ1) is 16.8. The Morgan fingerprint density at radius 1 is 1.23 bits per heavy atom. The largest absolute Gasteiger partial charge is 0.495 e. The molecule has 0 aromatic heterocycles. The molecule has 1 aliphatic heterocycles. The predicted molar refractivity (Wildman–Crippen MR) is 93.9 cm³/mol. The van der Waals surface area contributed by atoms with E-state index >= 15 is 0 Å². The van der Waals surface area contributed by atoms with Crippen LogP contribution < -0.4 is 15.0 Å². The van der Waals surface area contributed by atoms with Crippen molar-refractivity contribution >= 4 is 23.0 Å². The van der Waals surface area contributed by atoms with E-state index < -0.39 is 0 Å². The summed E-state index contributed by atoms with van der Waals surface area (Å²) >= 11 is 5.48. The van der Waals surface area contributed by atoms with Crippen molar-refractivity contribution in [2.75, 3.05) is 51.9 Å². The number of methoxy groups -OCH3 is 2. The molecule has 1 saturated heterocycles. The Morgan fingerprint density at radius 2 is 1.91 bits per heavy atom. The van der Waals surface area contributed by atoms with Crippen LogP contribution in [0.1, 0.15) is 6.92 Å². The summed E-state index contributed by atoms with van der Waals surface area (Å²) in [5.74, 6) is 0.922. The fourth-order valence-corrected chi connectivity index (χ4v) is 3.02. The first-order valence-corrected chi connectivity index (χ1v) is 7.99. The molecule has 22 heavy (non-hydrogen) atoms. The number of nitrogens with one attached hydrogen (secondary N) is 1. The number of hydrogen-bond donors (Lipinski definition) is 1. The van der Waals surface area contributed by atoms with Crippen LogP contribution in [0.4, 0.5) is 5.69 Å². The Balaban J connectivity index is 1.89. The molecule has 0 saturated carbocycles. The standard InChI is InChI=1S/C16H25N3O2S/c1-13(12-20-2)17-16(22)19-10-8-18(9-11-19)14-6-4-5-7-15(14)21-3/h4-7,13H,8-12H2,1-3H3,(H,17,22)/t13-/m0/s1. The molecule has 122 valence electrons. The van der Waals surface area contributed by atoms with E-state index in [1.165, 1.54) is 0 Å². The minimum atomic E-state index is 0.227. The third kappa shape index (κ3) is 4.24. The van der Waals surface area contributed by atoms with Gasteiger partial charge in [-0.1, -0.05) is 12.1 Å². The van der Waals surface area contributed by atoms with Gasteiger partial charge in [-0.3, -0.25) is 0 Å². The van der Waals surface area contributed by atoms with Gasteiger partial charge in [-0.25, -0.2) is 0 Å². The highest BCUT2D eigenvalue weighted by Gasteiger charge is 2.21. The number of para-hydroxylation sites is 2. The van der Waals surface area contributed by atoms with Crippen molar-refractivity contribution in [2.45, 2.75) is 13.0 Å². The maximum absolute atomic E-state index is 5.48. The molecule has 1 aliphatic rings. The van der Waals surface area contributed by atoms with Gasteiger partial charge in [0.25, 0.3) is 0 Å². The summed E-state index contributed by atoms with van der Waals surface area (Å²) in [6, 6.07) is 8.37. The second kappa shape index (κ2) is 8.19. The average Bonchev–Trinajstić information content (AvgIpc) is 2.55. The highest BCUT2D eigenvalue weighted by Crippen LogP contribution is 2.28. The van der Waals surface area contributed by atoms with Crippen molar-refractivity contribution in [3.8, 4) is 5.75 Å². The van der Waals surface area contributed by atoms with Crippen LogP contribution in [0.3, 0.4) is 0 Å². The molecule has 0 unspecified atom stereocenters. The van der Waals surface area contributed by atoms with Gasteiger partial charge in [0.2, 0.25) is 0 Å². The molecule has 1 N–H and O–H groups in total. The molecule has 1 aromatic carbocycles. The molecular weight excluding hydrogens is 298 g/mol. The van der Waals surface area contributed by atoms with Crippen LogP contribution >= 0.6 is 12.2 Å². The maximum atomic E-state index is 5.48. The van der Waals surface area contributed by atoms with Crippen molar-refractivity contribution < 1.29 is 9.47 Å². The molecule has 0 aliphatic carbocycles. The van der Waals surface area contributed by atoms with Gasteiger partial charge in [-0.05, 0) is 31.3 Å². The monoisotopic (exact) mass is 323 g/mol. The third-order valence-electron chi connectivity index (χ3n) is 3.78. The number of thiocarbonyl (C=S) groups is 1. The number of anilines is 1. The van der Waals surface area contributed by atoms with E-state index in [1.54, 1.807) is 14.2 Å². The van der Waals surface area contributed by atoms with E-state index in [4.69, 9.17) is 21.7 Å². The Labute approximate surface area is 138 Å². The molecule has 0 spiro atoms. The molecule has 1 aromatic rings. The summed E-state index contributed by atoms with van der Waals surface area (Å²) < 4.78 is 10.6. The Morgan fingerprint density at radius 3 is 2.55 bits per heavy atom. The molecule has 5 nitrogen and oxygen atoms in total. The first-order valence-electron chi connectivity index (χ1n) is 7.58. The van der Waals surface area contributed by atoms with Gasteiger partial charge >= 0.3 is 0 Å². The highest BCUT2D eigenvalue weighted by atomic mass is 32.1. The minimum Gasteiger partial charge on any atom is -0.495 e. The van der Waals surface area contributed by atoms with Crippen LogP contribution in [0.15, 0.2) is 24.3 Å². The van der Waals surface area contributed by atoms with Crippen LogP contribution in [-0.2, 0) is 4.74 Å². The van der Waals surface area contributed by atoms with Crippen molar-refractivity contribution in [3.63, 3.8) is 0 Å². The summed E-state index contributed by atoms with van der Waals surface area (Å²) in [7, 11) is 3.42. The van der Waals surface area contributed by atoms with E-state index in [9.17, 15) is 0 Å². The minimum absolute atomic E-state index is 0.227. The first-order chi connectivity index (χ1) is 10.7. The fourth-order valence-electron chi connectivity index (χ4n) is 2.64. The van der Waals surface area contributed by atoms with Crippen molar-refractivity contribution in [3.05, 3.63) is 24.3 Å². The lowest BCUT2D eigenvalue weighted by molar-refractivity contribution is 0.177. The summed E-state index contributed by atoms with van der Waals surface area (Å²) in [6.45, 7) is 6.40. The molecule has 0 bridgehead atoms. The van der Waals surface area contributed by atoms with Gasteiger partial charge < -0.3 is 24.6 Å². The lowest BCUT2D eigenvalue weighted by Crippen LogP contribution is -2.53. The van der Waals surface area contributed by atoms with E-state index in [0.29, 0.717) is 6.61 Å². The van der Waals surface area contributed by atoms with Gasteiger partial charge in [-0.15, -0.1) is 0 Å². The molecule has 6 heteroatoms. The number of hydrogen-bond acceptors (Lipinski definition) is 4. The van der Waals surface area contributed by atoms with Gasteiger partial charge in [0, 0.05) is 39.3 Å². The van der Waals surface area contributed by atoms with E-state index in [-0.39, 0.29) is 6.04 Å². The number of piperazine rings is 1. The SMILES string of the molecule is COC[C@H](C)NC(=S)N1CCN(c2ccccc2OC)CC1. The van der Waals surface area contributed by atoms with Crippen molar-refractivity contribution in [2.24, 2.45) is 0 Å². The van der Waals surface area contributed by atoms with Gasteiger partial charge in [0.05, 0.1) is 19.4 Å². The zero-order valence-corrected chi connectivity index (χ0v) is 14.4. The highest BCUT2D eigenvalue weighted by molar-refractivity contribution is 7.80. The van der Waals surface area contributed by atoms with Crippen LogP contribution in [0.2, 0.25) is 0 Å². The smallest absolute Gasteiger partial charge is 0.169 e. The average molecular weight is 323 g/mol. The molecule has 0 amide bonds. The zero-order chi connectivity index (χ0) is 15.9. The topological polar surface area (TPSA) is 37.0 Å². The summed E-state index contributed by atoms with van der Waals surface area (Å²) in [4.78, 5) is 4.56. The van der Waals surface area contributed by atoms with Gasteiger partial charge in [0.15, 0.2) is 5.11 Å². The van der Waals surface area contributed by atoms with Crippen LogP contribution in [0, 0.1) is 0 Å². The molecule has 0 radical (unpaired) electrons. The van der Waals surface area contributed by atoms with Crippen LogP contribution in [0.25, 0.3) is 0 Å². The van der Waals surface area contributed by atoms with Gasteiger partial charge in [-0.2, -0.15) is 0 Å². The Kier molecular flexibility index (Phi) is 6.27. The third-order valence-corrected chi connectivity index (χ3v) is 4.16. The normalized spacial score (nSPS) is 16.3. The lowest BCUT2D eigenvalue weighted by Gasteiger charge is -2.38. The molecule has 1 heterocycles. The predicted octanol–water partition coefficient (Wildman–Crippen LogP) is 1.73. The van der Waals surface area contributed by atoms with E-state index in [2.05, 4.69) is 28.1 Å². The van der Waals surface area contributed by atoms with Crippen molar-refractivity contribution in [1.82, 2.24) is 10.2 Å². The summed E-state index contributed by atoms with van der Waals surface area (Å²) in [5, 5.41) is 4.13. The second-order valence-corrected chi connectivity index (χ2v) is 5.84. The number of benzene rings is 1. The second-order valence-electron chi connectivity index (χ2n) is 5.45. The molecule has 1 atom stereocenters. The quantitative estimate of drug-likeness (QED) is 0.832. The Hall–Kier alpha value is -1.53. The Bertz CT molecular complexity index is 490. The molecule has 1 fully saturated rings. The van der Waals surface area contributed by atoms with E-state index in [1.807, 2.05) is 18.2 Å². The summed E-state index contributed by atoms with van der Waals surface area (Å²) in [6.07, 6.45) is 0. The molecular formula is C16H25N3O2S. The number of ether oxygens (including phenoxy) is 2. The van der Waals surface area contributed by atoms with Crippen LogP contribution in [0.5, 0.6) is 5.75 Å². The van der Waals surface area contributed by atoms with Crippen LogP contribution in [-0.4, -0.2) is 63.1 Å². The number of rotatable bonds is 5. The molecule has 2 rings (SSSR count). The van der Waals surface area contributed by atoms with E-state index in [0.717, 1.165) is 42.7 Å². The maximum Gasteiger partial charge on any atom is 0.169 e. The van der Waals surface area contributed by atoms with Crippen molar-refractivity contribution in [1.29, 1.82) is 0 Å². The van der Waals surface area contributed by atoms with Gasteiger partial charge in [0.1, 0.15) is 5.75 Å². The summed E-state index contributed by atoms with van der Waals surface area (Å²) in [5.41, 5.74) is 1.15. The zero-order valence-electron chi connectivity index (χ0n) is 13.5. The lowest BCUT2D eigenvalue weighted by atomic mass is 10.2.